The average Bonchev–Trinajstić information content (AvgIpc) is 2.69. The van der Waals surface area contributed by atoms with Crippen LogP contribution in [0.3, 0.4) is 0 Å². The summed E-state index contributed by atoms with van der Waals surface area (Å²) in [5.41, 5.74) is -0.904. The van der Waals surface area contributed by atoms with Crippen molar-refractivity contribution in [2.45, 2.75) is 127 Å². The number of halogens is 2. The first-order chi connectivity index (χ1) is 16.3. The molecule has 0 bridgehead atoms. The van der Waals surface area contributed by atoms with Crippen molar-refractivity contribution in [3.63, 3.8) is 0 Å². The van der Waals surface area contributed by atoms with Crippen molar-refractivity contribution in [3.8, 4) is 0 Å². The number of nitrogens with one attached hydrogen (secondary N) is 2. The quantitative estimate of drug-likeness (QED) is 0.121. The molecule has 0 aliphatic heterocycles. The Kier molecular flexibility index (Phi) is 19.3. The maximum atomic E-state index is 11.6. The third kappa shape index (κ3) is 26.3. The van der Waals surface area contributed by atoms with Crippen molar-refractivity contribution in [1.82, 2.24) is 10.6 Å². The number of hydrogen-bond acceptors (Lipinski definition) is 5. The summed E-state index contributed by atoms with van der Waals surface area (Å²) in [4.78, 5) is 24.2. The normalized spacial score (nSPS) is 13.7. The zero-order valence-corrected chi connectivity index (χ0v) is 26.0. The van der Waals surface area contributed by atoms with Gasteiger partial charge in [0.1, 0.15) is 11.2 Å². The molecule has 0 aliphatic carbocycles. The Bertz CT molecular complexity index is 517. The summed E-state index contributed by atoms with van der Waals surface area (Å²) in [6.45, 7) is 14.1. The van der Waals surface area contributed by atoms with Gasteiger partial charge in [0.05, 0.1) is 0 Å². The first kappa shape index (κ1) is 34.5. The van der Waals surface area contributed by atoms with E-state index in [2.05, 4.69) is 42.5 Å². The molecule has 2 atom stereocenters. The van der Waals surface area contributed by atoms with Gasteiger partial charge < -0.3 is 24.8 Å². The predicted molar refractivity (Wildman–Crippen MR) is 151 cm³/mol. The van der Waals surface area contributed by atoms with E-state index in [1.54, 1.807) is 0 Å². The van der Waals surface area contributed by atoms with Gasteiger partial charge in [0, 0.05) is 36.0 Å². The standard InChI is InChI=1S/C26H50Br2N2O5/c1-25(2,3)34-23(31)29-17-9-7-13-21(27)15-11-19-33-20-12-16-22(28)14-8-10-18-30-24(32)35-26(4,5)6/h21-22H,7-20H2,1-6H3,(H,29,31)(H,30,32). The van der Waals surface area contributed by atoms with Crippen molar-refractivity contribution < 1.29 is 23.8 Å². The first-order valence-electron chi connectivity index (χ1n) is 13.1. The zero-order chi connectivity index (χ0) is 26.7. The number of rotatable bonds is 18. The Balaban J connectivity index is 3.48. The molecule has 0 aromatic rings. The van der Waals surface area contributed by atoms with Gasteiger partial charge in [-0.3, -0.25) is 0 Å². The second-order valence-corrected chi connectivity index (χ2v) is 13.5. The molecule has 0 saturated carbocycles. The molecule has 2 unspecified atom stereocenters. The van der Waals surface area contributed by atoms with Crippen LogP contribution in [0.25, 0.3) is 0 Å². The largest absolute Gasteiger partial charge is 0.444 e. The van der Waals surface area contributed by atoms with E-state index in [0.29, 0.717) is 22.7 Å². The molecule has 208 valence electrons. The number of alkyl halides is 2. The van der Waals surface area contributed by atoms with Gasteiger partial charge in [0.15, 0.2) is 0 Å². The van der Waals surface area contributed by atoms with Crippen LogP contribution in [0.2, 0.25) is 0 Å². The number of hydrogen-bond donors (Lipinski definition) is 2. The van der Waals surface area contributed by atoms with Gasteiger partial charge >= 0.3 is 12.2 Å². The van der Waals surface area contributed by atoms with Crippen LogP contribution in [-0.4, -0.2) is 59.3 Å². The maximum Gasteiger partial charge on any atom is 0.407 e. The third-order valence-electron chi connectivity index (χ3n) is 4.84. The second-order valence-electron chi connectivity index (χ2n) is 10.9. The van der Waals surface area contributed by atoms with E-state index in [1.165, 1.54) is 0 Å². The van der Waals surface area contributed by atoms with Crippen LogP contribution in [0.1, 0.15) is 106 Å². The average molecular weight is 631 g/mol. The summed E-state index contributed by atoms with van der Waals surface area (Å²) < 4.78 is 16.2. The van der Waals surface area contributed by atoms with Gasteiger partial charge in [-0.2, -0.15) is 0 Å². The Hall–Kier alpha value is -0.540. The van der Waals surface area contributed by atoms with E-state index < -0.39 is 11.2 Å². The highest BCUT2D eigenvalue weighted by molar-refractivity contribution is 9.09. The monoisotopic (exact) mass is 628 g/mol. The maximum absolute atomic E-state index is 11.6. The fourth-order valence-electron chi connectivity index (χ4n) is 3.20. The lowest BCUT2D eigenvalue weighted by Gasteiger charge is -2.19. The third-order valence-corrected chi connectivity index (χ3v) is 6.67. The Morgan fingerprint density at radius 1 is 0.629 bits per heavy atom. The van der Waals surface area contributed by atoms with Crippen LogP contribution >= 0.6 is 31.9 Å². The van der Waals surface area contributed by atoms with E-state index in [4.69, 9.17) is 14.2 Å². The topological polar surface area (TPSA) is 85.9 Å². The van der Waals surface area contributed by atoms with Gasteiger partial charge in [-0.25, -0.2) is 9.59 Å². The van der Waals surface area contributed by atoms with Crippen LogP contribution in [0.5, 0.6) is 0 Å². The van der Waals surface area contributed by atoms with E-state index >= 15 is 0 Å². The van der Waals surface area contributed by atoms with Gasteiger partial charge in [-0.15, -0.1) is 0 Å². The molecule has 35 heavy (non-hydrogen) atoms. The molecular formula is C26H50Br2N2O5. The van der Waals surface area contributed by atoms with Gasteiger partial charge in [0.2, 0.25) is 0 Å². The van der Waals surface area contributed by atoms with E-state index in [0.717, 1.165) is 77.4 Å². The minimum Gasteiger partial charge on any atom is -0.444 e. The molecule has 2 amide bonds. The summed E-state index contributed by atoms with van der Waals surface area (Å²) in [6, 6.07) is 0. The van der Waals surface area contributed by atoms with E-state index in [9.17, 15) is 9.59 Å². The van der Waals surface area contributed by atoms with Crippen molar-refractivity contribution in [3.05, 3.63) is 0 Å². The lowest BCUT2D eigenvalue weighted by Crippen LogP contribution is -2.33. The summed E-state index contributed by atoms with van der Waals surface area (Å²) in [5, 5.41) is 5.60. The van der Waals surface area contributed by atoms with Crippen LogP contribution in [0, 0.1) is 0 Å². The van der Waals surface area contributed by atoms with Gasteiger partial charge in [-0.05, 0) is 92.9 Å². The number of carbonyl (C=O) groups excluding carboxylic acids is 2. The molecule has 0 aromatic carbocycles. The molecule has 2 N–H and O–H groups in total. The summed E-state index contributed by atoms with van der Waals surface area (Å²) in [6.07, 6.45) is 9.82. The molecule has 0 saturated heterocycles. The fourth-order valence-corrected chi connectivity index (χ4v) is 4.49. The smallest absolute Gasteiger partial charge is 0.407 e. The lowest BCUT2D eigenvalue weighted by atomic mass is 10.1. The molecule has 0 aliphatic rings. The van der Waals surface area contributed by atoms with Crippen molar-refractivity contribution in [2.75, 3.05) is 26.3 Å². The molecule has 0 rings (SSSR count). The zero-order valence-electron chi connectivity index (χ0n) is 22.9. The number of ether oxygens (including phenoxy) is 3. The molecule has 7 nitrogen and oxygen atoms in total. The van der Waals surface area contributed by atoms with Gasteiger partial charge in [0.25, 0.3) is 0 Å². The molecule has 0 fully saturated rings. The second kappa shape index (κ2) is 19.6. The Morgan fingerprint density at radius 3 is 1.31 bits per heavy atom. The van der Waals surface area contributed by atoms with Crippen molar-refractivity contribution in [2.24, 2.45) is 0 Å². The molecule has 0 radical (unpaired) electrons. The highest BCUT2D eigenvalue weighted by atomic mass is 79.9. The molecular weight excluding hydrogens is 580 g/mol. The SMILES string of the molecule is CC(C)(C)OC(=O)NCCCCC(Br)CCCOCCCC(Br)CCCCNC(=O)OC(C)(C)C. The Morgan fingerprint density at radius 2 is 0.971 bits per heavy atom. The van der Waals surface area contributed by atoms with Crippen molar-refractivity contribution in [1.29, 1.82) is 0 Å². The van der Waals surface area contributed by atoms with Gasteiger partial charge in [-0.1, -0.05) is 44.7 Å². The lowest BCUT2D eigenvalue weighted by molar-refractivity contribution is 0.0515. The van der Waals surface area contributed by atoms with E-state index in [-0.39, 0.29) is 12.2 Å². The van der Waals surface area contributed by atoms with Crippen LogP contribution in [-0.2, 0) is 14.2 Å². The summed E-state index contributed by atoms with van der Waals surface area (Å²) in [7, 11) is 0. The molecule has 0 heterocycles. The Labute approximate surface area is 230 Å². The molecule has 9 heteroatoms. The first-order valence-corrected chi connectivity index (χ1v) is 14.9. The van der Waals surface area contributed by atoms with Crippen LogP contribution in [0.15, 0.2) is 0 Å². The number of amides is 2. The fraction of sp³-hybridized carbons (Fsp3) is 0.923. The highest BCUT2D eigenvalue weighted by Gasteiger charge is 2.16. The summed E-state index contributed by atoms with van der Waals surface area (Å²) in [5.74, 6) is 0. The molecule has 0 spiro atoms. The van der Waals surface area contributed by atoms with Crippen LogP contribution < -0.4 is 10.6 Å². The number of alkyl carbamates (subject to hydrolysis) is 2. The van der Waals surface area contributed by atoms with Crippen LogP contribution in [0.4, 0.5) is 9.59 Å². The highest BCUT2D eigenvalue weighted by Crippen LogP contribution is 2.17. The summed E-state index contributed by atoms with van der Waals surface area (Å²) >= 11 is 7.50. The minimum absolute atomic E-state index is 0.344. The molecule has 0 aromatic heterocycles. The predicted octanol–water partition coefficient (Wildman–Crippen LogP) is 7.48. The van der Waals surface area contributed by atoms with Crippen molar-refractivity contribution >= 4 is 44.0 Å². The minimum atomic E-state index is -0.452. The number of carbonyl (C=O) groups is 2. The number of unbranched alkanes of at least 4 members (excludes halogenated alkanes) is 2. The van der Waals surface area contributed by atoms with E-state index in [1.807, 2.05) is 41.5 Å².